The molecule has 1 aromatic carbocycles. The Morgan fingerprint density at radius 1 is 1.00 bits per heavy atom. The zero-order chi connectivity index (χ0) is 20.2. The van der Waals surface area contributed by atoms with Gasteiger partial charge in [-0.3, -0.25) is 14.4 Å². The SMILES string of the molecule is CC(C)NC(=O)CNC(=O)COC(=O)[C@H](C)NC(=O)/C=C/c1ccccc1. The van der Waals surface area contributed by atoms with Crippen LogP contribution in [0.4, 0.5) is 0 Å². The number of hydrogen-bond acceptors (Lipinski definition) is 5. The Hall–Kier alpha value is -3.16. The molecule has 0 bridgehead atoms. The van der Waals surface area contributed by atoms with E-state index in [0.717, 1.165) is 5.56 Å². The molecule has 8 heteroatoms. The van der Waals surface area contributed by atoms with E-state index in [9.17, 15) is 19.2 Å². The summed E-state index contributed by atoms with van der Waals surface area (Å²) < 4.78 is 4.82. The van der Waals surface area contributed by atoms with Crippen LogP contribution < -0.4 is 16.0 Å². The summed E-state index contributed by atoms with van der Waals surface area (Å²) in [7, 11) is 0. The fourth-order valence-corrected chi connectivity index (χ4v) is 1.92. The average molecular weight is 375 g/mol. The fraction of sp³-hybridized carbons (Fsp3) is 0.368. The van der Waals surface area contributed by atoms with Gasteiger partial charge >= 0.3 is 5.97 Å². The molecule has 0 heterocycles. The van der Waals surface area contributed by atoms with Gasteiger partial charge in [0, 0.05) is 12.1 Å². The van der Waals surface area contributed by atoms with Gasteiger partial charge in [-0.05, 0) is 32.4 Å². The highest BCUT2D eigenvalue weighted by Crippen LogP contribution is 2.00. The molecule has 1 atom stereocenters. The number of carbonyl (C=O) groups excluding carboxylic acids is 4. The van der Waals surface area contributed by atoms with E-state index in [1.54, 1.807) is 19.9 Å². The van der Waals surface area contributed by atoms with Crippen LogP contribution in [0.15, 0.2) is 36.4 Å². The minimum absolute atomic E-state index is 0.0346. The summed E-state index contributed by atoms with van der Waals surface area (Å²) in [6, 6.07) is 8.26. The summed E-state index contributed by atoms with van der Waals surface area (Å²) >= 11 is 0. The van der Waals surface area contributed by atoms with E-state index in [1.807, 2.05) is 30.3 Å². The Kier molecular flexibility index (Phi) is 9.28. The first-order valence-electron chi connectivity index (χ1n) is 8.54. The average Bonchev–Trinajstić information content (AvgIpc) is 2.63. The van der Waals surface area contributed by atoms with Crippen LogP contribution in [-0.2, 0) is 23.9 Å². The molecule has 0 aliphatic heterocycles. The molecule has 0 aliphatic rings. The predicted molar refractivity (Wildman–Crippen MR) is 100 cm³/mol. The summed E-state index contributed by atoms with van der Waals surface area (Å²) in [6.07, 6.45) is 2.92. The highest BCUT2D eigenvalue weighted by Gasteiger charge is 2.17. The quantitative estimate of drug-likeness (QED) is 0.427. The number of nitrogens with one attached hydrogen (secondary N) is 3. The zero-order valence-corrected chi connectivity index (χ0v) is 15.7. The monoisotopic (exact) mass is 375 g/mol. The Labute approximate surface area is 158 Å². The van der Waals surface area contributed by atoms with Crippen molar-refractivity contribution < 1.29 is 23.9 Å². The Balaban J connectivity index is 2.31. The van der Waals surface area contributed by atoms with E-state index < -0.39 is 30.4 Å². The highest BCUT2D eigenvalue weighted by atomic mass is 16.5. The van der Waals surface area contributed by atoms with E-state index in [2.05, 4.69) is 16.0 Å². The van der Waals surface area contributed by atoms with Crippen molar-refractivity contribution in [3.63, 3.8) is 0 Å². The second-order valence-corrected chi connectivity index (χ2v) is 6.08. The molecule has 0 saturated carbocycles. The molecule has 0 unspecified atom stereocenters. The van der Waals surface area contributed by atoms with Crippen LogP contribution in [0.25, 0.3) is 6.08 Å². The van der Waals surface area contributed by atoms with Crippen molar-refractivity contribution in [1.82, 2.24) is 16.0 Å². The summed E-state index contributed by atoms with van der Waals surface area (Å²) in [4.78, 5) is 46.6. The lowest BCUT2D eigenvalue weighted by molar-refractivity contribution is -0.151. The number of benzene rings is 1. The zero-order valence-electron chi connectivity index (χ0n) is 15.7. The van der Waals surface area contributed by atoms with Crippen LogP contribution in [0.3, 0.4) is 0 Å². The maximum Gasteiger partial charge on any atom is 0.328 e. The standard InChI is InChI=1S/C19H25N3O5/c1-13(2)21-17(24)11-20-18(25)12-27-19(26)14(3)22-16(23)10-9-15-7-5-4-6-8-15/h4-10,13-14H,11-12H2,1-3H3,(H,20,25)(H,21,24)(H,22,23)/b10-9+/t14-/m0/s1. The lowest BCUT2D eigenvalue weighted by Crippen LogP contribution is -2.42. The first-order valence-corrected chi connectivity index (χ1v) is 8.54. The van der Waals surface area contributed by atoms with E-state index in [-0.39, 0.29) is 18.5 Å². The summed E-state index contributed by atoms with van der Waals surface area (Å²) in [6.45, 7) is 4.31. The summed E-state index contributed by atoms with van der Waals surface area (Å²) in [5, 5.41) is 7.40. The van der Waals surface area contributed by atoms with E-state index in [0.29, 0.717) is 0 Å². The van der Waals surface area contributed by atoms with E-state index in [4.69, 9.17) is 4.74 Å². The van der Waals surface area contributed by atoms with Crippen molar-refractivity contribution in [3.8, 4) is 0 Å². The van der Waals surface area contributed by atoms with Gasteiger partial charge in [0.25, 0.3) is 5.91 Å². The summed E-state index contributed by atoms with van der Waals surface area (Å²) in [5.41, 5.74) is 0.848. The first-order chi connectivity index (χ1) is 12.8. The molecule has 1 rings (SSSR count). The van der Waals surface area contributed by atoms with Crippen molar-refractivity contribution in [1.29, 1.82) is 0 Å². The van der Waals surface area contributed by atoms with Crippen LogP contribution >= 0.6 is 0 Å². The molecule has 0 radical (unpaired) electrons. The molecule has 0 fully saturated rings. The van der Waals surface area contributed by atoms with Gasteiger partial charge in [-0.15, -0.1) is 0 Å². The maximum atomic E-state index is 11.8. The van der Waals surface area contributed by atoms with Gasteiger partial charge in [-0.2, -0.15) is 0 Å². The van der Waals surface area contributed by atoms with Crippen molar-refractivity contribution in [2.45, 2.75) is 32.9 Å². The predicted octanol–water partition coefficient (Wildman–Crippen LogP) is 0.389. The molecule has 3 N–H and O–H groups in total. The van der Waals surface area contributed by atoms with Crippen molar-refractivity contribution >= 4 is 29.8 Å². The lowest BCUT2D eigenvalue weighted by atomic mass is 10.2. The molecule has 0 spiro atoms. The molecule has 8 nitrogen and oxygen atoms in total. The largest absolute Gasteiger partial charge is 0.454 e. The number of rotatable bonds is 9. The van der Waals surface area contributed by atoms with Gasteiger partial charge in [-0.1, -0.05) is 30.3 Å². The Bertz CT molecular complexity index is 686. The minimum Gasteiger partial charge on any atom is -0.454 e. The van der Waals surface area contributed by atoms with E-state index >= 15 is 0 Å². The molecule has 0 saturated heterocycles. The number of esters is 1. The molecule has 27 heavy (non-hydrogen) atoms. The van der Waals surface area contributed by atoms with Gasteiger partial charge < -0.3 is 20.7 Å². The van der Waals surface area contributed by atoms with Crippen LogP contribution in [0.1, 0.15) is 26.3 Å². The Morgan fingerprint density at radius 3 is 2.30 bits per heavy atom. The van der Waals surface area contributed by atoms with Crippen LogP contribution in [-0.4, -0.2) is 48.9 Å². The van der Waals surface area contributed by atoms with Crippen LogP contribution in [0, 0.1) is 0 Å². The lowest BCUT2D eigenvalue weighted by Gasteiger charge is -2.12. The molecule has 0 aliphatic carbocycles. The summed E-state index contributed by atoms with van der Waals surface area (Å²) in [5.74, 6) is -2.16. The van der Waals surface area contributed by atoms with Crippen molar-refractivity contribution in [2.75, 3.05) is 13.2 Å². The fourth-order valence-electron chi connectivity index (χ4n) is 1.92. The second-order valence-electron chi connectivity index (χ2n) is 6.08. The van der Waals surface area contributed by atoms with Crippen LogP contribution in [0.2, 0.25) is 0 Å². The number of hydrogen-bond donors (Lipinski definition) is 3. The third-order valence-electron chi connectivity index (χ3n) is 3.18. The highest BCUT2D eigenvalue weighted by molar-refractivity contribution is 5.94. The van der Waals surface area contributed by atoms with E-state index in [1.165, 1.54) is 13.0 Å². The maximum absolute atomic E-state index is 11.8. The van der Waals surface area contributed by atoms with Gasteiger partial charge in [0.05, 0.1) is 6.54 Å². The molecule has 0 aromatic heterocycles. The molecular formula is C19H25N3O5. The van der Waals surface area contributed by atoms with Crippen LogP contribution in [0.5, 0.6) is 0 Å². The molecule has 1 aromatic rings. The number of ether oxygens (including phenoxy) is 1. The number of carbonyl (C=O) groups is 4. The molecule has 146 valence electrons. The third kappa shape index (κ3) is 9.78. The minimum atomic E-state index is -0.921. The smallest absolute Gasteiger partial charge is 0.328 e. The van der Waals surface area contributed by atoms with Gasteiger partial charge in [0.2, 0.25) is 11.8 Å². The normalized spacial score (nSPS) is 11.7. The number of amides is 3. The van der Waals surface area contributed by atoms with Crippen molar-refractivity contribution in [3.05, 3.63) is 42.0 Å². The van der Waals surface area contributed by atoms with Crippen molar-refractivity contribution in [2.24, 2.45) is 0 Å². The van der Waals surface area contributed by atoms with Gasteiger partial charge in [0.15, 0.2) is 6.61 Å². The third-order valence-corrected chi connectivity index (χ3v) is 3.18. The van der Waals surface area contributed by atoms with Gasteiger partial charge in [-0.25, -0.2) is 4.79 Å². The molecule has 3 amide bonds. The first kappa shape index (κ1) is 21.9. The Morgan fingerprint density at radius 2 is 1.67 bits per heavy atom. The second kappa shape index (κ2) is 11.5. The topological polar surface area (TPSA) is 114 Å². The molecular weight excluding hydrogens is 350 g/mol. The van der Waals surface area contributed by atoms with Gasteiger partial charge in [0.1, 0.15) is 6.04 Å².